The number of nitrogens with zero attached hydrogens (tertiary/aromatic N) is 1. The number of rotatable bonds is 5. The van der Waals surface area contributed by atoms with Crippen molar-refractivity contribution < 1.29 is 9.47 Å². The molecule has 1 saturated heterocycles. The number of hydrogen-bond donors (Lipinski definition) is 1. The number of aromatic amines is 1. The van der Waals surface area contributed by atoms with Gasteiger partial charge >= 0.3 is 0 Å². The molecule has 3 rings (SSSR count). The molecule has 0 amide bonds. The van der Waals surface area contributed by atoms with Gasteiger partial charge in [-0.25, -0.2) is 0 Å². The van der Waals surface area contributed by atoms with Crippen molar-refractivity contribution in [3.05, 3.63) is 23.0 Å². The zero-order chi connectivity index (χ0) is 14.8. The van der Waals surface area contributed by atoms with Gasteiger partial charge in [0.05, 0.1) is 17.7 Å². The van der Waals surface area contributed by atoms with Crippen LogP contribution in [0.4, 0.5) is 0 Å². The van der Waals surface area contributed by atoms with E-state index in [1.54, 1.807) is 0 Å². The quantitative estimate of drug-likeness (QED) is 0.847. The number of para-hydroxylation sites is 1. The summed E-state index contributed by atoms with van der Waals surface area (Å²) in [5.74, 6) is 0.865. The fourth-order valence-corrected chi connectivity index (χ4v) is 3.16. The predicted octanol–water partition coefficient (Wildman–Crippen LogP) is 4.06. The highest BCUT2D eigenvalue weighted by atomic mass is 32.1. The number of benzene rings is 1. The Labute approximate surface area is 130 Å². The average Bonchev–Trinajstić information content (AvgIpc) is 3.04. The van der Waals surface area contributed by atoms with Crippen molar-refractivity contribution >= 4 is 23.3 Å². The SMILES string of the molecule is CC(C)Oc1cccc2c1[nH]c(=S)n2CCC1CCCO1. The zero-order valence-electron chi connectivity index (χ0n) is 12.6. The lowest BCUT2D eigenvalue weighted by Crippen LogP contribution is -2.10. The lowest BCUT2D eigenvalue weighted by Gasteiger charge is -2.12. The van der Waals surface area contributed by atoms with Crippen LogP contribution in [0.15, 0.2) is 18.2 Å². The first-order chi connectivity index (χ1) is 10.1. The van der Waals surface area contributed by atoms with Crippen molar-refractivity contribution in [2.24, 2.45) is 0 Å². The van der Waals surface area contributed by atoms with Gasteiger partial charge in [0.25, 0.3) is 0 Å². The van der Waals surface area contributed by atoms with Crippen molar-refractivity contribution in [2.45, 2.75) is 51.9 Å². The second kappa shape index (κ2) is 6.20. The van der Waals surface area contributed by atoms with Crippen LogP contribution in [0.3, 0.4) is 0 Å². The van der Waals surface area contributed by atoms with Crippen LogP contribution in [-0.4, -0.2) is 28.4 Å². The Morgan fingerprint density at radius 3 is 3.05 bits per heavy atom. The molecule has 21 heavy (non-hydrogen) atoms. The summed E-state index contributed by atoms with van der Waals surface area (Å²) in [6.45, 7) is 5.84. The number of H-pyrrole nitrogens is 1. The molecule has 1 fully saturated rings. The van der Waals surface area contributed by atoms with Crippen molar-refractivity contribution in [3.8, 4) is 5.75 Å². The number of imidazole rings is 1. The molecule has 0 radical (unpaired) electrons. The normalized spacial score (nSPS) is 18.7. The van der Waals surface area contributed by atoms with Crippen LogP contribution >= 0.6 is 12.2 Å². The molecule has 0 spiro atoms. The first-order valence-electron chi connectivity index (χ1n) is 7.65. The lowest BCUT2D eigenvalue weighted by atomic mass is 10.2. The monoisotopic (exact) mass is 306 g/mol. The molecule has 1 aromatic heterocycles. The van der Waals surface area contributed by atoms with E-state index in [0.717, 1.165) is 47.5 Å². The minimum atomic E-state index is 0.146. The molecule has 5 heteroatoms. The average molecular weight is 306 g/mol. The number of aryl methyl sites for hydroxylation is 1. The molecule has 4 nitrogen and oxygen atoms in total. The van der Waals surface area contributed by atoms with Crippen molar-refractivity contribution in [3.63, 3.8) is 0 Å². The summed E-state index contributed by atoms with van der Waals surface area (Å²) in [6.07, 6.45) is 3.88. The fraction of sp³-hybridized carbons (Fsp3) is 0.562. The molecule has 1 aliphatic heterocycles. The second-order valence-corrected chi connectivity index (χ2v) is 6.21. The van der Waals surface area contributed by atoms with Crippen LogP contribution in [0.2, 0.25) is 0 Å². The number of hydrogen-bond acceptors (Lipinski definition) is 3. The van der Waals surface area contributed by atoms with Gasteiger partial charge in [0.2, 0.25) is 0 Å². The van der Waals surface area contributed by atoms with Gasteiger partial charge in [-0.15, -0.1) is 0 Å². The molecule has 2 aromatic rings. The number of nitrogens with one attached hydrogen (secondary N) is 1. The van der Waals surface area contributed by atoms with E-state index in [4.69, 9.17) is 21.7 Å². The Hall–Kier alpha value is -1.33. The first kappa shape index (κ1) is 14.6. The van der Waals surface area contributed by atoms with Crippen LogP contribution < -0.4 is 4.74 Å². The molecule has 1 unspecified atom stereocenters. The molecule has 0 bridgehead atoms. The summed E-state index contributed by atoms with van der Waals surface area (Å²) in [5, 5.41) is 0. The maximum atomic E-state index is 5.86. The Kier molecular flexibility index (Phi) is 4.31. The van der Waals surface area contributed by atoms with Crippen molar-refractivity contribution in [2.75, 3.05) is 6.61 Å². The van der Waals surface area contributed by atoms with Crippen LogP contribution in [0.25, 0.3) is 11.0 Å². The summed E-state index contributed by atoms with van der Waals surface area (Å²) in [4.78, 5) is 3.29. The third-order valence-corrected chi connectivity index (χ3v) is 4.16. The summed E-state index contributed by atoms with van der Waals surface area (Å²) >= 11 is 5.48. The first-order valence-corrected chi connectivity index (χ1v) is 8.06. The van der Waals surface area contributed by atoms with Gasteiger partial charge in [-0.2, -0.15) is 0 Å². The molecule has 1 N–H and O–H groups in total. The topological polar surface area (TPSA) is 39.2 Å². The molecule has 114 valence electrons. The molecule has 1 aliphatic rings. The minimum Gasteiger partial charge on any atom is -0.489 e. The van der Waals surface area contributed by atoms with Gasteiger partial charge in [0.15, 0.2) is 4.77 Å². The van der Waals surface area contributed by atoms with E-state index in [1.165, 1.54) is 6.42 Å². The van der Waals surface area contributed by atoms with Gasteiger partial charge < -0.3 is 19.0 Å². The van der Waals surface area contributed by atoms with Crippen LogP contribution in [0.1, 0.15) is 33.1 Å². The molecule has 2 heterocycles. The Morgan fingerprint density at radius 2 is 2.33 bits per heavy atom. The highest BCUT2D eigenvalue weighted by Gasteiger charge is 2.16. The molecule has 0 aliphatic carbocycles. The summed E-state index contributed by atoms with van der Waals surface area (Å²) in [6, 6.07) is 6.09. The fourth-order valence-electron chi connectivity index (χ4n) is 2.87. The van der Waals surface area contributed by atoms with E-state index < -0.39 is 0 Å². The third-order valence-electron chi connectivity index (χ3n) is 3.83. The van der Waals surface area contributed by atoms with E-state index in [2.05, 4.69) is 15.6 Å². The maximum Gasteiger partial charge on any atom is 0.178 e. The minimum absolute atomic E-state index is 0.146. The highest BCUT2D eigenvalue weighted by Crippen LogP contribution is 2.26. The van der Waals surface area contributed by atoms with Gasteiger partial charge in [0.1, 0.15) is 11.3 Å². The van der Waals surface area contributed by atoms with Crippen LogP contribution in [0, 0.1) is 4.77 Å². The Morgan fingerprint density at radius 1 is 1.48 bits per heavy atom. The van der Waals surface area contributed by atoms with Crippen LogP contribution in [-0.2, 0) is 11.3 Å². The number of fused-ring (bicyclic) bond motifs is 1. The maximum absolute atomic E-state index is 5.86. The van der Waals surface area contributed by atoms with Crippen molar-refractivity contribution in [1.29, 1.82) is 0 Å². The summed E-state index contributed by atoms with van der Waals surface area (Å²) in [7, 11) is 0. The van der Waals surface area contributed by atoms with Gasteiger partial charge in [0, 0.05) is 13.2 Å². The highest BCUT2D eigenvalue weighted by molar-refractivity contribution is 7.71. The van der Waals surface area contributed by atoms with Gasteiger partial charge in [-0.3, -0.25) is 0 Å². The van der Waals surface area contributed by atoms with Gasteiger partial charge in [-0.05, 0) is 57.5 Å². The summed E-state index contributed by atoms with van der Waals surface area (Å²) in [5.41, 5.74) is 2.10. The smallest absolute Gasteiger partial charge is 0.178 e. The molecular formula is C16H22N2O2S. The summed E-state index contributed by atoms with van der Waals surface area (Å²) < 4.78 is 14.5. The Balaban J connectivity index is 1.88. The molecule has 1 atom stereocenters. The second-order valence-electron chi connectivity index (χ2n) is 5.82. The molecule has 1 aromatic carbocycles. The van der Waals surface area contributed by atoms with E-state index in [-0.39, 0.29) is 6.10 Å². The number of aromatic nitrogens is 2. The Bertz CT molecular complexity index is 668. The van der Waals surface area contributed by atoms with Crippen molar-refractivity contribution in [1.82, 2.24) is 9.55 Å². The molecular weight excluding hydrogens is 284 g/mol. The third kappa shape index (κ3) is 3.14. The van der Waals surface area contributed by atoms with E-state index in [1.807, 2.05) is 26.0 Å². The van der Waals surface area contributed by atoms with Gasteiger partial charge in [-0.1, -0.05) is 6.07 Å². The molecule has 0 saturated carbocycles. The van der Waals surface area contributed by atoms with E-state index >= 15 is 0 Å². The van der Waals surface area contributed by atoms with E-state index in [9.17, 15) is 0 Å². The largest absolute Gasteiger partial charge is 0.489 e. The number of ether oxygens (including phenoxy) is 2. The van der Waals surface area contributed by atoms with Crippen LogP contribution in [0.5, 0.6) is 5.75 Å². The predicted molar refractivity (Wildman–Crippen MR) is 86.5 cm³/mol. The standard InChI is InChI=1S/C16H22N2O2S/c1-11(2)20-14-7-3-6-13-15(14)17-16(21)18(13)9-8-12-5-4-10-19-12/h3,6-7,11-12H,4-5,8-10H2,1-2H3,(H,17,21). The van der Waals surface area contributed by atoms with E-state index in [0.29, 0.717) is 6.10 Å². The lowest BCUT2D eigenvalue weighted by molar-refractivity contribution is 0.101. The zero-order valence-corrected chi connectivity index (χ0v) is 13.4.